The molecule has 24 heavy (non-hydrogen) atoms. The first-order valence-corrected chi connectivity index (χ1v) is 8.84. The Labute approximate surface area is 152 Å². The highest BCUT2D eigenvalue weighted by Gasteiger charge is 2.30. The van der Waals surface area contributed by atoms with Gasteiger partial charge >= 0.3 is 5.97 Å². The summed E-state index contributed by atoms with van der Waals surface area (Å²) in [4.78, 5) is 26.3. The molecule has 0 aromatic heterocycles. The Bertz CT molecular complexity index is 601. The highest BCUT2D eigenvalue weighted by Crippen LogP contribution is 2.26. The zero-order valence-corrected chi connectivity index (χ0v) is 15.4. The van der Waals surface area contributed by atoms with Crippen LogP contribution in [0, 0.1) is 5.92 Å². The topological polar surface area (TPSA) is 58.6 Å². The number of likely N-dealkylation sites (tertiary alicyclic amines) is 1. The number of halogens is 2. The molecule has 1 saturated heterocycles. The van der Waals surface area contributed by atoms with Crippen LogP contribution in [0.5, 0.6) is 0 Å². The van der Waals surface area contributed by atoms with E-state index in [-0.39, 0.29) is 23.8 Å². The van der Waals surface area contributed by atoms with Gasteiger partial charge in [-0.05, 0) is 58.0 Å². The van der Waals surface area contributed by atoms with Crippen LogP contribution in [0.3, 0.4) is 0 Å². The van der Waals surface area contributed by atoms with E-state index < -0.39 is 0 Å². The third-order valence-electron chi connectivity index (χ3n) is 4.26. The molecule has 0 bridgehead atoms. The molecule has 5 nitrogen and oxygen atoms in total. The predicted molar refractivity (Wildman–Crippen MR) is 95.5 cm³/mol. The number of anilines is 1. The molecule has 1 fully saturated rings. The molecule has 7 heteroatoms. The van der Waals surface area contributed by atoms with E-state index >= 15 is 0 Å². The Kier molecular flexibility index (Phi) is 6.90. The Hall–Kier alpha value is -1.30. The number of nitrogens with one attached hydrogen (secondary N) is 1. The van der Waals surface area contributed by atoms with Crippen molar-refractivity contribution in [1.29, 1.82) is 0 Å². The molecule has 1 aromatic rings. The number of amides is 1. The van der Waals surface area contributed by atoms with Crippen LogP contribution in [-0.2, 0) is 14.3 Å². The molecule has 0 spiro atoms. The predicted octanol–water partition coefficient (Wildman–Crippen LogP) is 3.60. The van der Waals surface area contributed by atoms with Crippen molar-refractivity contribution in [2.24, 2.45) is 5.92 Å². The number of benzene rings is 1. The maximum atomic E-state index is 12.4. The fraction of sp³-hybridized carbons (Fsp3) is 0.529. The quantitative estimate of drug-likeness (QED) is 0.802. The van der Waals surface area contributed by atoms with Gasteiger partial charge in [0.1, 0.15) is 0 Å². The van der Waals surface area contributed by atoms with Crippen molar-refractivity contribution in [1.82, 2.24) is 4.90 Å². The van der Waals surface area contributed by atoms with E-state index in [1.54, 1.807) is 25.1 Å². The Morgan fingerprint density at radius 2 is 2.00 bits per heavy atom. The molecule has 1 aliphatic heterocycles. The monoisotopic (exact) mass is 372 g/mol. The van der Waals surface area contributed by atoms with Gasteiger partial charge < -0.3 is 10.1 Å². The highest BCUT2D eigenvalue weighted by molar-refractivity contribution is 6.35. The van der Waals surface area contributed by atoms with Crippen LogP contribution in [0.25, 0.3) is 0 Å². The van der Waals surface area contributed by atoms with E-state index in [1.165, 1.54) is 0 Å². The van der Waals surface area contributed by atoms with Crippen LogP contribution < -0.4 is 5.32 Å². The summed E-state index contributed by atoms with van der Waals surface area (Å²) < 4.78 is 5.06. The average Bonchev–Trinajstić information content (AvgIpc) is 2.57. The number of nitrogens with zero attached hydrogens (tertiary/aromatic N) is 1. The van der Waals surface area contributed by atoms with Crippen molar-refractivity contribution in [3.8, 4) is 0 Å². The van der Waals surface area contributed by atoms with Crippen LogP contribution in [0.4, 0.5) is 5.69 Å². The minimum atomic E-state index is -0.316. The lowest BCUT2D eigenvalue weighted by Gasteiger charge is -2.34. The fourth-order valence-electron chi connectivity index (χ4n) is 2.78. The second kappa shape index (κ2) is 8.70. The summed E-state index contributed by atoms with van der Waals surface area (Å²) in [5.74, 6) is -0.354. The molecule has 1 aromatic carbocycles. The molecule has 1 aliphatic rings. The van der Waals surface area contributed by atoms with Gasteiger partial charge in [0.25, 0.3) is 0 Å². The largest absolute Gasteiger partial charge is 0.466 e. The summed E-state index contributed by atoms with van der Waals surface area (Å²) in [6.45, 7) is 5.42. The third kappa shape index (κ3) is 4.85. The molecule has 0 aliphatic carbocycles. The van der Waals surface area contributed by atoms with Crippen LogP contribution in [0.2, 0.25) is 10.0 Å². The molecular weight excluding hydrogens is 351 g/mol. The number of hydrogen-bond acceptors (Lipinski definition) is 4. The van der Waals surface area contributed by atoms with Gasteiger partial charge in [0.05, 0.1) is 29.3 Å². The zero-order chi connectivity index (χ0) is 17.7. The van der Waals surface area contributed by atoms with Gasteiger partial charge in [-0.3, -0.25) is 14.5 Å². The molecule has 1 atom stereocenters. The third-order valence-corrected chi connectivity index (χ3v) is 4.83. The van der Waals surface area contributed by atoms with Gasteiger partial charge in [0.15, 0.2) is 0 Å². The Morgan fingerprint density at radius 1 is 1.33 bits per heavy atom. The van der Waals surface area contributed by atoms with Gasteiger partial charge in [-0.25, -0.2) is 0 Å². The second-order valence-electron chi connectivity index (χ2n) is 5.85. The van der Waals surface area contributed by atoms with Gasteiger partial charge in [-0.15, -0.1) is 0 Å². The summed E-state index contributed by atoms with van der Waals surface area (Å²) in [6, 6.07) is 4.63. The summed E-state index contributed by atoms with van der Waals surface area (Å²) in [7, 11) is 0. The number of hydrogen-bond donors (Lipinski definition) is 1. The number of carbonyl (C=O) groups is 2. The molecule has 1 amide bonds. The van der Waals surface area contributed by atoms with E-state index in [0.29, 0.717) is 48.3 Å². The van der Waals surface area contributed by atoms with Gasteiger partial charge in [-0.1, -0.05) is 23.2 Å². The number of ether oxygens (including phenoxy) is 1. The van der Waals surface area contributed by atoms with Crippen molar-refractivity contribution in [2.75, 3.05) is 25.0 Å². The van der Waals surface area contributed by atoms with E-state index in [0.717, 1.165) is 0 Å². The Balaban J connectivity index is 1.90. The van der Waals surface area contributed by atoms with Gasteiger partial charge in [-0.2, -0.15) is 0 Å². The van der Waals surface area contributed by atoms with Crippen LogP contribution in [0.15, 0.2) is 18.2 Å². The standard InChI is InChI=1S/C17H22Cl2N2O3/c1-3-24-17(23)12-6-8-21(9-7-12)11(2)16(22)20-15-10-13(18)4-5-14(15)19/h4-5,10-12H,3,6-9H2,1-2H3,(H,20,22)/t11-/m1/s1. The van der Waals surface area contributed by atoms with Crippen LogP contribution >= 0.6 is 23.2 Å². The normalized spacial score (nSPS) is 17.3. The SMILES string of the molecule is CCOC(=O)C1CCN([C@H](C)C(=O)Nc2cc(Cl)ccc2Cl)CC1. The number of carbonyl (C=O) groups excluding carboxylic acids is 2. The summed E-state index contributed by atoms with van der Waals surface area (Å²) in [6.07, 6.45) is 1.41. The first-order valence-electron chi connectivity index (χ1n) is 8.09. The summed E-state index contributed by atoms with van der Waals surface area (Å²) >= 11 is 12.0. The van der Waals surface area contributed by atoms with Crippen molar-refractivity contribution in [2.45, 2.75) is 32.7 Å². The van der Waals surface area contributed by atoms with Crippen LogP contribution in [0.1, 0.15) is 26.7 Å². The maximum Gasteiger partial charge on any atom is 0.309 e. The number of piperidine rings is 1. The lowest BCUT2D eigenvalue weighted by atomic mass is 9.96. The molecule has 1 heterocycles. The van der Waals surface area contributed by atoms with Crippen molar-refractivity contribution < 1.29 is 14.3 Å². The minimum Gasteiger partial charge on any atom is -0.466 e. The summed E-state index contributed by atoms with van der Waals surface area (Å²) in [5, 5.41) is 3.77. The van der Waals surface area contributed by atoms with Gasteiger partial charge in [0.2, 0.25) is 5.91 Å². The lowest BCUT2D eigenvalue weighted by Crippen LogP contribution is -2.47. The average molecular weight is 373 g/mol. The second-order valence-corrected chi connectivity index (χ2v) is 6.70. The maximum absolute atomic E-state index is 12.4. The van der Waals surface area contributed by atoms with Crippen molar-refractivity contribution in [3.63, 3.8) is 0 Å². The van der Waals surface area contributed by atoms with E-state index in [9.17, 15) is 9.59 Å². The number of esters is 1. The molecule has 1 N–H and O–H groups in total. The zero-order valence-electron chi connectivity index (χ0n) is 13.9. The molecule has 0 unspecified atom stereocenters. The van der Waals surface area contributed by atoms with Gasteiger partial charge in [0, 0.05) is 5.02 Å². The van der Waals surface area contributed by atoms with E-state index in [1.807, 2.05) is 6.92 Å². The van der Waals surface area contributed by atoms with E-state index in [2.05, 4.69) is 10.2 Å². The van der Waals surface area contributed by atoms with Crippen molar-refractivity contribution in [3.05, 3.63) is 28.2 Å². The molecule has 0 saturated carbocycles. The Morgan fingerprint density at radius 3 is 2.62 bits per heavy atom. The highest BCUT2D eigenvalue weighted by atomic mass is 35.5. The van der Waals surface area contributed by atoms with Crippen LogP contribution in [-0.4, -0.2) is 42.5 Å². The molecule has 2 rings (SSSR count). The first-order chi connectivity index (χ1) is 11.4. The summed E-state index contributed by atoms with van der Waals surface area (Å²) in [5.41, 5.74) is 0.502. The molecule has 132 valence electrons. The molecular formula is C17H22Cl2N2O3. The number of rotatable bonds is 5. The fourth-order valence-corrected chi connectivity index (χ4v) is 3.12. The first kappa shape index (κ1) is 19.0. The van der Waals surface area contributed by atoms with E-state index in [4.69, 9.17) is 27.9 Å². The van der Waals surface area contributed by atoms with Crippen molar-refractivity contribution >= 4 is 40.8 Å². The molecule has 0 radical (unpaired) electrons. The lowest BCUT2D eigenvalue weighted by molar-refractivity contribution is -0.149. The smallest absolute Gasteiger partial charge is 0.309 e. The minimum absolute atomic E-state index is 0.0705.